The van der Waals surface area contributed by atoms with E-state index < -0.39 is 0 Å². The molecular weight excluding hydrogens is 356 g/mol. The molecule has 0 fully saturated rings. The van der Waals surface area contributed by atoms with Crippen molar-refractivity contribution in [2.24, 2.45) is 0 Å². The van der Waals surface area contributed by atoms with Crippen molar-refractivity contribution >= 4 is 35.0 Å². The largest absolute Gasteiger partial charge is 0.495 e. The number of hydrogen-bond acceptors (Lipinski definition) is 4. The molecule has 1 aliphatic heterocycles. The van der Waals surface area contributed by atoms with E-state index in [1.807, 2.05) is 6.92 Å². The Labute approximate surface area is 155 Å². The van der Waals surface area contributed by atoms with Crippen molar-refractivity contribution in [3.8, 4) is 5.75 Å². The number of nitrogens with zero attached hydrogens (tertiary/aromatic N) is 1. The zero-order chi connectivity index (χ0) is 18.8. The van der Waals surface area contributed by atoms with Crippen molar-refractivity contribution in [1.29, 1.82) is 0 Å². The Kier molecular flexibility index (Phi) is 4.95. The molecule has 1 N–H and O–H groups in total. The SMILES string of the molecule is COc1ccc(Cl)cc1NC(=O)CCN1C(=O)c2ccc(C)cc2C1=O. The standard InChI is InChI=1S/C19H17ClN2O4/c1-11-3-5-13-14(9-11)19(25)22(18(13)24)8-7-17(23)21-15-10-12(20)4-6-16(15)26-2/h3-6,9-10H,7-8H2,1-2H3,(H,21,23). The summed E-state index contributed by atoms with van der Waals surface area (Å²) in [6, 6.07) is 9.98. The average molecular weight is 373 g/mol. The summed E-state index contributed by atoms with van der Waals surface area (Å²) < 4.78 is 5.17. The lowest BCUT2D eigenvalue weighted by Gasteiger charge is -2.14. The maximum Gasteiger partial charge on any atom is 0.261 e. The molecule has 0 atom stereocenters. The first-order valence-electron chi connectivity index (χ1n) is 8.01. The predicted octanol–water partition coefficient (Wildman–Crippen LogP) is 3.28. The average Bonchev–Trinajstić information content (AvgIpc) is 2.83. The van der Waals surface area contributed by atoms with Crippen LogP contribution in [0.2, 0.25) is 5.02 Å². The van der Waals surface area contributed by atoms with E-state index in [2.05, 4.69) is 5.32 Å². The third-order valence-corrected chi connectivity index (χ3v) is 4.36. The number of ether oxygens (including phenoxy) is 1. The van der Waals surface area contributed by atoms with Gasteiger partial charge in [0.2, 0.25) is 5.91 Å². The molecule has 0 aliphatic carbocycles. The first kappa shape index (κ1) is 17.9. The van der Waals surface area contributed by atoms with E-state index >= 15 is 0 Å². The maximum atomic E-state index is 12.4. The second kappa shape index (κ2) is 7.17. The number of rotatable bonds is 5. The van der Waals surface area contributed by atoms with Gasteiger partial charge in [-0.05, 0) is 37.3 Å². The highest BCUT2D eigenvalue weighted by Crippen LogP contribution is 2.28. The van der Waals surface area contributed by atoms with Gasteiger partial charge in [-0.2, -0.15) is 0 Å². The molecule has 26 heavy (non-hydrogen) atoms. The van der Waals surface area contributed by atoms with E-state index in [4.69, 9.17) is 16.3 Å². The zero-order valence-electron chi connectivity index (χ0n) is 14.3. The van der Waals surface area contributed by atoms with Gasteiger partial charge in [-0.15, -0.1) is 0 Å². The Hall–Kier alpha value is -2.86. The molecule has 3 amide bonds. The van der Waals surface area contributed by atoms with Crippen LogP contribution in [-0.4, -0.2) is 36.3 Å². The summed E-state index contributed by atoms with van der Waals surface area (Å²) in [4.78, 5) is 38.1. The van der Waals surface area contributed by atoms with Crippen LogP contribution in [0.15, 0.2) is 36.4 Å². The summed E-state index contributed by atoms with van der Waals surface area (Å²) in [6.07, 6.45) is -0.0277. The van der Waals surface area contributed by atoms with Crippen molar-refractivity contribution in [3.05, 3.63) is 58.1 Å². The number of amides is 3. The van der Waals surface area contributed by atoms with E-state index in [1.54, 1.807) is 36.4 Å². The molecule has 0 radical (unpaired) electrons. The number of aryl methyl sites for hydroxylation is 1. The molecular formula is C19H17ClN2O4. The van der Waals surface area contributed by atoms with Gasteiger partial charge in [0.15, 0.2) is 0 Å². The molecule has 1 aliphatic rings. The third-order valence-electron chi connectivity index (χ3n) is 4.12. The Morgan fingerprint density at radius 2 is 1.85 bits per heavy atom. The van der Waals surface area contributed by atoms with Crippen molar-refractivity contribution in [3.63, 3.8) is 0 Å². The minimum atomic E-state index is -0.377. The van der Waals surface area contributed by atoms with E-state index in [1.165, 1.54) is 7.11 Å². The number of benzene rings is 2. The number of halogens is 1. The molecule has 0 spiro atoms. The fourth-order valence-electron chi connectivity index (χ4n) is 2.81. The van der Waals surface area contributed by atoms with Crippen LogP contribution in [0.4, 0.5) is 5.69 Å². The normalized spacial score (nSPS) is 13.0. The number of carbonyl (C=O) groups is 3. The Morgan fingerprint density at radius 1 is 1.12 bits per heavy atom. The summed E-state index contributed by atoms with van der Waals surface area (Å²) in [5.41, 5.74) is 2.09. The van der Waals surface area contributed by atoms with Crippen LogP contribution in [0.3, 0.4) is 0 Å². The van der Waals surface area contributed by atoms with Crippen molar-refractivity contribution in [1.82, 2.24) is 4.90 Å². The van der Waals surface area contributed by atoms with Crippen LogP contribution in [0, 0.1) is 6.92 Å². The van der Waals surface area contributed by atoms with Crippen LogP contribution in [-0.2, 0) is 4.79 Å². The fraction of sp³-hybridized carbons (Fsp3) is 0.211. The lowest BCUT2D eigenvalue weighted by Crippen LogP contribution is -2.32. The first-order valence-corrected chi connectivity index (χ1v) is 8.38. The third kappa shape index (κ3) is 3.41. The molecule has 2 aromatic carbocycles. The molecule has 7 heteroatoms. The van der Waals surface area contributed by atoms with Gasteiger partial charge in [0.25, 0.3) is 11.8 Å². The van der Waals surface area contributed by atoms with Crippen molar-refractivity contribution in [2.75, 3.05) is 19.0 Å². The van der Waals surface area contributed by atoms with Crippen LogP contribution in [0.1, 0.15) is 32.7 Å². The molecule has 3 rings (SSSR count). The lowest BCUT2D eigenvalue weighted by atomic mass is 10.1. The molecule has 0 unspecified atom stereocenters. The molecule has 6 nitrogen and oxygen atoms in total. The molecule has 0 aromatic heterocycles. The van der Waals surface area contributed by atoms with Crippen LogP contribution < -0.4 is 10.1 Å². The van der Waals surface area contributed by atoms with Gasteiger partial charge in [0, 0.05) is 18.0 Å². The van der Waals surface area contributed by atoms with E-state index in [0.717, 1.165) is 10.5 Å². The van der Waals surface area contributed by atoms with E-state index in [-0.39, 0.29) is 30.7 Å². The Morgan fingerprint density at radius 3 is 2.58 bits per heavy atom. The molecule has 0 saturated heterocycles. The topological polar surface area (TPSA) is 75.7 Å². The molecule has 2 aromatic rings. The van der Waals surface area contributed by atoms with Crippen LogP contribution >= 0.6 is 11.6 Å². The van der Waals surface area contributed by atoms with Crippen LogP contribution in [0.5, 0.6) is 5.75 Å². The maximum absolute atomic E-state index is 12.4. The number of carbonyl (C=O) groups excluding carboxylic acids is 3. The van der Waals surface area contributed by atoms with Crippen molar-refractivity contribution in [2.45, 2.75) is 13.3 Å². The molecule has 1 heterocycles. The first-order chi connectivity index (χ1) is 12.4. The predicted molar refractivity (Wildman–Crippen MR) is 97.8 cm³/mol. The van der Waals surface area contributed by atoms with E-state index in [0.29, 0.717) is 27.6 Å². The van der Waals surface area contributed by atoms with Gasteiger partial charge in [-0.1, -0.05) is 23.2 Å². The number of imide groups is 1. The number of fused-ring (bicyclic) bond motifs is 1. The molecule has 0 saturated carbocycles. The number of methoxy groups -OCH3 is 1. The number of nitrogens with one attached hydrogen (secondary N) is 1. The quantitative estimate of drug-likeness (QED) is 0.817. The summed E-state index contributed by atoms with van der Waals surface area (Å²) in [5, 5.41) is 3.14. The Bertz CT molecular complexity index is 910. The summed E-state index contributed by atoms with van der Waals surface area (Å²) in [6.45, 7) is 1.85. The minimum Gasteiger partial charge on any atom is -0.495 e. The van der Waals surface area contributed by atoms with Gasteiger partial charge in [0.1, 0.15) is 5.75 Å². The monoisotopic (exact) mass is 372 g/mol. The highest BCUT2D eigenvalue weighted by molar-refractivity contribution is 6.31. The summed E-state index contributed by atoms with van der Waals surface area (Å²) in [5.74, 6) is -0.628. The molecule has 134 valence electrons. The fourth-order valence-corrected chi connectivity index (χ4v) is 2.98. The zero-order valence-corrected chi connectivity index (χ0v) is 15.1. The van der Waals surface area contributed by atoms with Crippen LogP contribution in [0.25, 0.3) is 0 Å². The van der Waals surface area contributed by atoms with Gasteiger partial charge >= 0.3 is 0 Å². The number of anilines is 1. The summed E-state index contributed by atoms with van der Waals surface area (Å²) in [7, 11) is 1.49. The van der Waals surface area contributed by atoms with Crippen molar-refractivity contribution < 1.29 is 19.1 Å². The lowest BCUT2D eigenvalue weighted by molar-refractivity contribution is -0.116. The van der Waals surface area contributed by atoms with Gasteiger partial charge in [-0.3, -0.25) is 19.3 Å². The smallest absolute Gasteiger partial charge is 0.261 e. The minimum absolute atomic E-state index is 0.000108. The second-order valence-electron chi connectivity index (χ2n) is 5.95. The summed E-state index contributed by atoms with van der Waals surface area (Å²) >= 11 is 5.94. The van der Waals surface area contributed by atoms with Gasteiger partial charge in [0.05, 0.1) is 23.9 Å². The second-order valence-corrected chi connectivity index (χ2v) is 6.39. The van der Waals surface area contributed by atoms with Gasteiger partial charge in [-0.25, -0.2) is 0 Å². The Balaban J connectivity index is 1.67. The van der Waals surface area contributed by atoms with Gasteiger partial charge < -0.3 is 10.1 Å². The van der Waals surface area contributed by atoms with E-state index in [9.17, 15) is 14.4 Å². The highest BCUT2D eigenvalue weighted by Gasteiger charge is 2.35. The molecule has 0 bridgehead atoms. The number of hydrogen-bond donors (Lipinski definition) is 1. The highest BCUT2D eigenvalue weighted by atomic mass is 35.5.